The predicted octanol–water partition coefficient (Wildman–Crippen LogP) is 1.59. The molecule has 0 spiro atoms. The number of nitrogens with one attached hydrogen (secondary N) is 2. The lowest BCUT2D eigenvalue weighted by Gasteiger charge is -2.02. The van der Waals surface area contributed by atoms with Crippen molar-refractivity contribution in [2.45, 2.75) is 24.9 Å². The summed E-state index contributed by atoms with van der Waals surface area (Å²) in [6.45, 7) is 2.97. The molecule has 2 rings (SSSR count). The van der Waals surface area contributed by atoms with Gasteiger partial charge in [0.15, 0.2) is 0 Å². The van der Waals surface area contributed by atoms with Gasteiger partial charge in [0, 0.05) is 41.8 Å². The predicted molar refractivity (Wildman–Crippen MR) is 81.3 cm³/mol. The van der Waals surface area contributed by atoms with Crippen molar-refractivity contribution >= 4 is 21.4 Å². The fraction of sp³-hybridized carbons (Fsp3) is 0.385. The summed E-state index contributed by atoms with van der Waals surface area (Å²) in [4.78, 5) is 2.49. The van der Waals surface area contributed by atoms with Crippen molar-refractivity contribution in [3.05, 3.63) is 39.8 Å². The molecule has 0 aliphatic heterocycles. The van der Waals surface area contributed by atoms with Crippen LogP contribution in [-0.2, 0) is 30.2 Å². The molecule has 2 N–H and O–H groups in total. The van der Waals surface area contributed by atoms with Gasteiger partial charge >= 0.3 is 0 Å². The average Bonchev–Trinajstić information content (AvgIpc) is 2.95. The summed E-state index contributed by atoms with van der Waals surface area (Å²) in [6, 6.07) is 5.63. The van der Waals surface area contributed by atoms with E-state index in [9.17, 15) is 8.42 Å². The Morgan fingerprint density at radius 1 is 1.30 bits per heavy atom. The minimum absolute atomic E-state index is 0.304. The van der Waals surface area contributed by atoms with Crippen LogP contribution in [0.4, 0.5) is 0 Å². The smallest absolute Gasteiger partial charge is 0.242 e. The van der Waals surface area contributed by atoms with Crippen molar-refractivity contribution in [2.24, 2.45) is 7.05 Å². The number of sulfonamides is 1. The Morgan fingerprint density at radius 2 is 2.05 bits per heavy atom. The lowest BCUT2D eigenvalue weighted by Crippen LogP contribution is -2.22. The molecule has 7 heteroatoms. The summed E-state index contributed by atoms with van der Waals surface area (Å²) >= 11 is 1.60. The van der Waals surface area contributed by atoms with Crippen LogP contribution in [0.15, 0.2) is 29.3 Å². The highest BCUT2D eigenvalue weighted by Gasteiger charge is 2.17. The standard InChI is InChI=1S/C13H19N3O2S2/c1-10-4-5-12(19-10)8-15-20(17,18)13-6-11(7-14-2)16(3)9-13/h4-6,9,14-15H,7-8H2,1-3H3. The lowest BCUT2D eigenvalue weighted by atomic mass is 10.4. The van der Waals surface area contributed by atoms with Gasteiger partial charge < -0.3 is 9.88 Å². The van der Waals surface area contributed by atoms with Gasteiger partial charge in [0.2, 0.25) is 10.0 Å². The molecular formula is C13H19N3O2S2. The van der Waals surface area contributed by atoms with Gasteiger partial charge in [0.25, 0.3) is 0 Å². The maximum atomic E-state index is 12.2. The van der Waals surface area contributed by atoms with E-state index < -0.39 is 10.0 Å². The molecule has 0 saturated heterocycles. The van der Waals surface area contributed by atoms with Crippen LogP contribution in [-0.4, -0.2) is 20.0 Å². The number of aryl methyl sites for hydroxylation is 2. The van der Waals surface area contributed by atoms with Crippen molar-refractivity contribution in [3.63, 3.8) is 0 Å². The molecule has 0 fully saturated rings. The summed E-state index contributed by atoms with van der Waals surface area (Å²) in [7, 11) is 0.212. The van der Waals surface area contributed by atoms with Crippen LogP contribution in [0.5, 0.6) is 0 Å². The fourth-order valence-electron chi connectivity index (χ4n) is 1.91. The van der Waals surface area contributed by atoms with Gasteiger partial charge in [0.05, 0.1) is 4.90 Å². The largest absolute Gasteiger partial charge is 0.352 e. The van der Waals surface area contributed by atoms with E-state index in [1.807, 2.05) is 37.7 Å². The van der Waals surface area contributed by atoms with Crippen LogP contribution in [0.3, 0.4) is 0 Å². The van der Waals surface area contributed by atoms with E-state index in [1.165, 1.54) is 4.88 Å². The Morgan fingerprint density at radius 3 is 2.65 bits per heavy atom. The molecule has 20 heavy (non-hydrogen) atoms. The Labute approximate surface area is 123 Å². The minimum atomic E-state index is -3.46. The van der Waals surface area contributed by atoms with Crippen molar-refractivity contribution < 1.29 is 8.42 Å². The molecule has 2 aromatic heterocycles. The third-order valence-corrected chi connectivity index (χ3v) is 5.35. The number of rotatable bonds is 6. The molecule has 0 atom stereocenters. The quantitative estimate of drug-likeness (QED) is 0.851. The minimum Gasteiger partial charge on any atom is -0.352 e. The Kier molecular flexibility index (Phi) is 4.64. The van der Waals surface area contributed by atoms with E-state index in [2.05, 4.69) is 10.0 Å². The van der Waals surface area contributed by atoms with E-state index in [0.29, 0.717) is 18.0 Å². The van der Waals surface area contributed by atoms with Crippen LogP contribution >= 0.6 is 11.3 Å². The topological polar surface area (TPSA) is 63.1 Å². The third-order valence-electron chi connectivity index (χ3n) is 2.98. The maximum Gasteiger partial charge on any atom is 0.242 e. The van der Waals surface area contributed by atoms with E-state index >= 15 is 0 Å². The third kappa shape index (κ3) is 3.49. The van der Waals surface area contributed by atoms with Gasteiger partial charge in [-0.25, -0.2) is 13.1 Å². The first kappa shape index (κ1) is 15.2. The number of hydrogen-bond donors (Lipinski definition) is 2. The van der Waals surface area contributed by atoms with Gasteiger partial charge in [-0.1, -0.05) is 0 Å². The molecule has 110 valence electrons. The number of thiophene rings is 1. The highest BCUT2D eigenvalue weighted by atomic mass is 32.2. The van der Waals surface area contributed by atoms with Gasteiger partial charge in [-0.15, -0.1) is 11.3 Å². The molecular weight excluding hydrogens is 294 g/mol. The Bertz CT molecular complexity index is 686. The molecule has 0 aromatic carbocycles. The van der Waals surface area contributed by atoms with Crippen LogP contribution in [0, 0.1) is 6.92 Å². The van der Waals surface area contributed by atoms with Gasteiger partial charge in [-0.3, -0.25) is 0 Å². The monoisotopic (exact) mass is 313 g/mol. The van der Waals surface area contributed by atoms with Gasteiger partial charge in [0.1, 0.15) is 0 Å². The van der Waals surface area contributed by atoms with Crippen LogP contribution in [0.25, 0.3) is 0 Å². The molecule has 0 aliphatic carbocycles. The van der Waals surface area contributed by atoms with Gasteiger partial charge in [-0.05, 0) is 32.2 Å². The average molecular weight is 313 g/mol. The molecule has 5 nitrogen and oxygen atoms in total. The van der Waals surface area contributed by atoms with Crippen LogP contribution in [0.1, 0.15) is 15.4 Å². The first-order valence-electron chi connectivity index (χ1n) is 6.27. The molecule has 0 bridgehead atoms. The first-order valence-corrected chi connectivity index (χ1v) is 8.57. The van der Waals surface area contributed by atoms with E-state index in [1.54, 1.807) is 23.6 Å². The molecule has 0 unspecified atom stereocenters. The molecule has 2 heterocycles. The number of nitrogens with zero attached hydrogens (tertiary/aromatic N) is 1. The summed E-state index contributed by atoms with van der Waals surface area (Å²) < 4.78 is 28.9. The van der Waals surface area contributed by atoms with Crippen molar-refractivity contribution in [1.82, 2.24) is 14.6 Å². The highest BCUT2D eigenvalue weighted by molar-refractivity contribution is 7.89. The molecule has 2 aromatic rings. The van der Waals surface area contributed by atoms with E-state index in [-0.39, 0.29) is 0 Å². The zero-order chi connectivity index (χ0) is 14.8. The lowest BCUT2D eigenvalue weighted by molar-refractivity contribution is 0.581. The Hall–Kier alpha value is -1.15. The number of hydrogen-bond acceptors (Lipinski definition) is 4. The summed E-state index contributed by atoms with van der Waals surface area (Å²) in [6.07, 6.45) is 1.63. The fourth-order valence-corrected chi connectivity index (χ4v) is 3.93. The van der Waals surface area contributed by atoms with Crippen molar-refractivity contribution in [3.8, 4) is 0 Å². The summed E-state index contributed by atoms with van der Waals surface area (Å²) in [5.41, 5.74) is 0.930. The second-order valence-electron chi connectivity index (χ2n) is 4.65. The zero-order valence-corrected chi connectivity index (χ0v) is 13.4. The number of aromatic nitrogens is 1. The summed E-state index contributed by atoms with van der Waals surface area (Å²) in [5.74, 6) is 0. The SMILES string of the molecule is CNCc1cc(S(=O)(=O)NCc2ccc(C)s2)cn1C. The van der Waals surface area contributed by atoms with Crippen LogP contribution < -0.4 is 10.0 Å². The van der Waals surface area contributed by atoms with Crippen molar-refractivity contribution in [1.29, 1.82) is 0 Å². The molecule has 0 saturated carbocycles. The highest BCUT2D eigenvalue weighted by Crippen LogP contribution is 2.17. The summed E-state index contributed by atoms with van der Waals surface area (Å²) in [5, 5.41) is 3.02. The second-order valence-corrected chi connectivity index (χ2v) is 7.78. The second kappa shape index (κ2) is 6.09. The zero-order valence-electron chi connectivity index (χ0n) is 11.8. The maximum absolute atomic E-state index is 12.2. The molecule has 0 aliphatic rings. The molecule has 0 amide bonds. The Balaban J connectivity index is 2.11. The van der Waals surface area contributed by atoms with E-state index in [4.69, 9.17) is 0 Å². The molecule has 0 radical (unpaired) electrons. The van der Waals surface area contributed by atoms with E-state index in [0.717, 1.165) is 10.6 Å². The van der Waals surface area contributed by atoms with Crippen molar-refractivity contribution in [2.75, 3.05) is 7.05 Å². The first-order chi connectivity index (χ1) is 9.42. The normalized spacial score (nSPS) is 11.9. The van der Waals surface area contributed by atoms with Gasteiger partial charge in [-0.2, -0.15) is 0 Å². The van der Waals surface area contributed by atoms with Crippen LogP contribution in [0.2, 0.25) is 0 Å².